The predicted molar refractivity (Wildman–Crippen MR) is 44.0 cm³/mol. The topological polar surface area (TPSA) is 121 Å². The largest absolute Gasteiger partial charge is 0.394 e. The fourth-order valence-electron chi connectivity index (χ4n) is 0.671. The van der Waals surface area contributed by atoms with Crippen molar-refractivity contribution in [3.8, 4) is 0 Å². The van der Waals surface area contributed by atoms with E-state index in [4.69, 9.17) is 30.6 Å². The van der Waals surface area contributed by atoms with E-state index in [0.29, 0.717) is 0 Å². The summed E-state index contributed by atoms with van der Waals surface area (Å²) in [6, 6.07) is 0. The summed E-state index contributed by atoms with van der Waals surface area (Å²) in [6.07, 6.45) is -6.39. The van der Waals surface area contributed by atoms with E-state index in [-0.39, 0.29) is 23.9 Å². The third kappa shape index (κ3) is 5.11. The minimum Gasteiger partial charge on any atom is -0.394 e. The minimum atomic E-state index is -1.67. The van der Waals surface area contributed by atoms with E-state index >= 15 is 0 Å². The van der Waals surface area contributed by atoms with Crippen LogP contribution >= 0.6 is 0 Å². The Kier molecular flexibility index (Phi) is 9.75. The van der Waals surface area contributed by atoms with Gasteiger partial charge in [0, 0.05) is 23.9 Å². The maximum atomic E-state index is 8.96. The molecule has 0 aliphatic carbocycles. The zero-order chi connectivity index (χ0) is 9.72. The smallest absolute Gasteiger partial charge is 0.111 e. The molecule has 7 heteroatoms. The zero-order valence-electron chi connectivity index (χ0n) is 6.91. The fourth-order valence-corrected chi connectivity index (χ4v) is 0.671. The van der Waals surface area contributed by atoms with Crippen LogP contribution in [0.2, 0.25) is 0 Å². The van der Waals surface area contributed by atoms with Crippen molar-refractivity contribution in [2.24, 2.45) is 0 Å². The average molecular weight is 301 g/mol. The van der Waals surface area contributed by atoms with Crippen LogP contribution in [-0.2, 0) is 0 Å². The molecule has 0 amide bonds. The summed E-state index contributed by atoms with van der Waals surface area (Å²) in [5.74, 6) is 0. The van der Waals surface area contributed by atoms with Gasteiger partial charge in [0.2, 0.25) is 0 Å². The minimum absolute atomic E-state index is 0. The number of aliphatic hydroxyl groups excluding tert-OH is 6. The number of hydrogen-bond acceptors (Lipinski definition) is 6. The quantitative estimate of drug-likeness (QED) is 0.288. The van der Waals surface area contributed by atoms with Crippen LogP contribution in [-0.4, -0.2) is 92.2 Å². The van der Waals surface area contributed by atoms with Gasteiger partial charge in [-0.25, -0.2) is 0 Å². The van der Waals surface area contributed by atoms with Gasteiger partial charge < -0.3 is 30.6 Å². The second-order valence-electron chi connectivity index (χ2n) is 2.48. The first-order valence-corrected chi connectivity index (χ1v) is 3.48. The number of rotatable bonds is 5. The van der Waals surface area contributed by atoms with Gasteiger partial charge in [-0.3, -0.25) is 0 Å². The molecule has 0 aliphatic heterocycles. The summed E-state index contributed by atoms with van der Waals surface area (Å²) in [7, 11) is 0. The van der Waals surface area contributed by atoms with Crippen LogP contribution in [0.5, 0.6) is 0 Å². The summed E-state index contributed by atoms with van der Waals surface area (Å²) in [5, 5.41) is 52.2. The first-order valence-electron chi connectivity index (χ1n) is 3.48. The van der Waals surface area contributed by atoms with Crippen LogP contribution in [0, 0.1) is 0 Å². The molecule has 0 bridgehead atoms. The standard InChI is InChI=1S/C6H14O6.Sn/c7-1-3(9)5(11)6(12)4(10)2-8;/h3-12H,1-2H2;/t3-,4+,5-,6-;/m1./s1. The van der Waals surface area contributed by atoms with Crippen molar-refractivity contribution in [1.29, 1.82) is 0 Å². The summed E-state index contributed by atoms with van der Waals surface area (Å²) in [5.41, 5.74) is 0. The molecule has 0 aromatic rings. The maximum Gasteiger partial charge on any atom is 0.111 e. The van der Waals surface area contributed by atoms with Crippen LogP contribution in [0.15, 0.2) is 0 Å². The van der Waals surface area contributed by atoms with Gasteiger partial charge in [0.25, 0.3) is 0 Å². The monoisotopic (exact) mass is 302 g/mol. The van der Waals surface area contributed by atoms with Gasteiger partial charge in [0.05, 0.1) is 13.2 Å². The van der Waals surface area contributed by atoms with Crippen molar-refractivity contribution in [2.75, 3.05) is 13.2 Å². The van der Waals surface area contributed by atoms with Crippen LogP contribution in [0.3, 0.4) is 0 Å². The maximum absolute atomic E-state index is 8.96. The van der Waals surface area contributed by atoms with Gasteiger partial charge in [-0.05, 0) is 0 Å². The molecule has 0 aromatic heterocycles. The molecule has 0 aromatic carbocycles. The van der Waals surface area contributed by atoms with Gasteiger partial charge in [-0.1, -0.05) is 0 Å². The van der Waals surface area contributed by atoms with Gasteiger partial charge in [-0.2, -0.15) is 0 Å². The fraction of sp³-hybridized carbons (Fsp3) is 1.00. The van der Waals surface area contributed by atoms with Crippen LogP contribution in [0.1, 0.15) is 0 Å². The molecule has 78 valence electrons. The first kappa shape index (κ1) is 16.0. The Morgan fingerprint density at radius 2 is 0.923 bits per heavy atom. The second kappa shape index (κ2) is 7.92. The van der Waals surface area contributed by atoms with E-state index in [1.165, 1.54) is 0 Å². The van der Waals surface area contributed by atoms with Crippen LogP contribution in [0.25, 0.3) is 0 Å². The molecule has 0 spiro atoms. The summed E-state index contributed by atoms with van der Waals surface area (Å²) in [4.78, 5) is 0. The van der Waals surface area contributed by atoms with Crippen molar-refractivity contribution < 1.29 is 30.6 Å². The number of hydrogen-bond donors (Lipinski definition) is 6. The molecular weight excluding hydrogens is 287 g/mol. The van der Waals surface area contributed by atoms with Crippen molar-refractivity contribution in [2.45, 2.75) is 24.4 Å². The molecule has 0 heterocycles. The van der Waals surface area contributed by atoms with Crippen molar-refractivity contribution >= 4 is 23.9 Å². The molecule has 0 aliphatic rings. The molecule has 6 nitrogen and oxygen atoms in total. The van der Waals surface area contributed by atoms with E-state index in [9.17, 15) is 0 Å². The molecular formula is C6H14O6Sn. The second-order valence-corrected chi connectivity index (χ2v) is 2.48. The Balaban J connectivity index is 0. The molecule has 0 saturated heterocycles. The molecule has 6 N–H and O–H groups in total. The molecule has 0 saturated carbocycles. The molecule has 4 atom stereocenters. The van der Waals surface area contributed by atoms with E-state index in [1.807, 2.05) is 0 Å². The Morgan fingerprint density at radius 3 is 1.08 bits per heavy atom. The van der Waals surface area contributed by atoms with E-state index in [2.05, 4.69) is 0 Å². The summed E-state index contributed by atoms with van der Waals surface area (Å²) >= 11 is 0. The van der Waals surface area contributed by atoms with Gasteiger partial charge >= 0.3 is 0 Å². The molecule has 0 rings (SSSR count). The molecule has 13 heavy (non-hydrogen) atoms. The van der Waals surface area contributed by atoms with E-state index < -0.39 is 37.6 Å². The molecule has 0 fully saturated rings. The Hall–Kier alpha value is 0.559. The van der Waals surface area contributed by atoms with Gasteiger partial charge in [0.1, 0.15) is 24.4 Å². The van der Waals surface area contributed by atoms with E-state index in [1.54, 1.807) is 0 Å². The van der Waals surface area contributed by atoms with Gasteiger partial charge in [0.15, 0.2) is 0 Å². The average Bonchev–Trinajstić information content (AvgIpc) is 2.12. The predicted octanol–water partition coefficient (Wildman–Crippen LogP) is -3.97. The molecule has 4 radical (unpaired) electrons. The van der Waals surface area contributed by atoms with Crippen LogP contribution < -0.4 is 0 Å². The third-order valence-electron chi connectivity index (χ3n) is 1.51. The van der Waals surface area contributed by atoms with Crippen molar-refractivity contribution in [3.63, 3.8) is 0 Å². The van der Waals surface area contributed by atoms with Gasteiger partial charge in [-0.15, -0.1) is 0 Å². The normalized spacial score (nSPS) is 19.8. The number of aliphatic hydroxyl groups is 6. The SMILES string of the molecule is OC[C@@H](O)[C@@H](O)[C@H](O)[C@@H](O)CO.[Sn]. The van der Waals surface area contributed by atoms with Crippen molar-refractivity contribution in [1.82, 2.24) is 0 Å². The summed E-state index contributed by atoms with van der Waals surface area (Å²) in [6.45, 7) is -1.45. The first-order chi connectivity index (χ1) is 5.54. The Morgan fingerprint density at radius 1 is 0.692 bits per heavy atom. The van der Waals surface area contributed by atoms with Crippen LogP contribution in [0.4, 0.5) is 0 Å². The summed E-state index contributed by atoms with van der Waals surface area (Å²) < 4.78 is 0. The zero-order valence-corrected chi connectivity index (χ0v) is 9.76. The van der Waals surface area contributed by atoms with Crippen molar-refractivity contribution in [3.05, 3.63) is 0 Å². The third-order valence-corrected chi connectivity index (χ3v) is 1.51. The van der Waals surface area contributed by atoms with E-state index in [0.717, 1.165) is 0 Å². The molecule has 0 unspecified atom stereocenters. The Bertz CT molecular complexity index is 110. The Labute approximate surface area is 92.4 Å².